The van der Waals surface area contributed by atoms with Crippen molar-refractivity contribution in [3.63, 3.8) is 0 Å². The molecule has 0 radical (unpaired) electrons. The molecule has 0 spiro atoms. The number of hydrogen-bond donors (Lipinski definition) is 2. The fourth-order valence-corrected chi connectivity index (χ4v) is 2.69. The van der Waals surface area contributed by atoms with Gasteiger partial charge in [0.2, 0.25) is 0 Å². The molecule has 0 bridgehead atoms. The number of hydrogen-bond acceptors (Lipinski definition) is 3. The SMILES string of the molecule is C[C@@H](CCCC(C)(C)O)n1ccnc1-c1ccc(O)c(Cl)c1. The highest BCUT2D eigenvalue weighted by Crippen LogP contribution is 2.30. The molecule has 0 saturated carbocycles. The summed E-state index contributed by atoms with van der Waals surface area (Å²) >= 11 is 5.98. The zero-order valence-electron chi connectivity index (χ0n) is 13.3. The molecule has 2 N–H and O–H groups in total. The molecule has 22 heavy (non-hydrogen) atoms. The van der Waals surface area contributed by atoms with E-state index >= 15 is 0 Å². The van der Waals surface area contributed by atoms with Gasteiger partial charge in [-0.3, -0.25) is 0 Å². The summed E-state index contributed by atoms with van der Waals surface area (Å²) in [5.41, 5.74) is 0.254. The number of aliphatic hydroxyl groups is 1. The molecule has 0 unspecified atom stereocenters. The third-order valence-electron chi connectivity index (χ3n) is 3.76. The average molecular weight is 323 g/mol. The van der Waals surface area contributed by atoms with Crippen LogP contribution in [0, 0.1) is 0 Å². The number of phenolic OH excluding ortho intramolecular Hbond substituents is 1. The number of benzene rings is 1. The van der Waals surface area contributed by atoms with Crippen molar-refractivity contribution >= 4 is 11.6 Å². The van der Waals surface area contributed by atoms with E-state index in [-0.39, 0.29) is 11.8 Å². The molecule has 120 valence electrons. The third kappa shape index (κ3) is 4.24. The average Bonchev–Trinajstić information content (AvgIpc) is 2.89. The normalized spacial score (nSPS) is 13.3. The van der Waals surface area contributed by atoms with Crippen LogP contribution in [0.3, 0.4) is 0 Å². The molecule has 1 aromatic carbocycles. The van der Waals surface area contributed by atoms with Crippen LogP contribution in [-0.4, -0.2) is 25.4 Å². The lowest BCUT2D eigenvalue weighted by Gasteiger charge is -2.20. The third-order valence-corrected chi connectivity index (χ3v) is 4.06. The fraction of sp³-hybridized carbons (Fsp3) is 0.471. The Morgan fingerprint density at radius 1 is 1.36 bits per heavy atom. The van der Waals surface area contributed by atoms with Gasteiger partial charge in [-0.2, -0.15) is 0 Å². The first-order chi connectivity index (χ1) is 10.3. The van der Waals surface area contributed by atoms with Gasteiger partial charge in [0.05, 0.1) is 10.6 Å². The highest BCUT2D eigenvalue weighted by Gasteiger charge is 2.16. The molecule has 0 saturated heterocycles. The second-order valence-electron chi connectivity index (χ2n) is 6.38. The van der Waals surface area contributed by atoms with Crippen molar-refractivity contribution in [2.24, 2.45) is 0 Å². The van der Waals surface area contributed by atoms with Gasteiger partial charge in [-0.05, 0) is 58.2 Å². The zero-order chi connectivity index (χ0) is 16.3. The number of aromatic nitrogens is 2. The Labute approximate surface area is 136 Å². The highest BCUT2D eigenvalue weighted by molar-refractivity contribution is 6.32. The van der Waals surface area contributed by atoms with E-state index in [1.165, 1.54) is 0 Å². The zero-order valence-corrected chi connectivity index (χ0v) is 14.0. The lowest BCUT2D eigenvalue weighted by atomic mass is 9.99. The smallest absolute Gasteiger partial charge is 0.140 e. The molecule has 0 aliphatic rings. The van der Waals surface area contributed by atoms with Crippen molar-refractivity contribution in [1.82, 2.24) is 9.55 Å². The lowest BCUT2D eigenvalue weighted by Crippen LogP contribution is -2.18. The van der Waals surface area contributed by atoms with Crippen LogP contribution in [0.15, 0.2) is 30.6 Å². The minimum absolute atomic E-state index is 0.0711. The molecule has 0 amide bonds. The van der Waals surface area contributed by atoms with Crippen LogP contribution in [0.2, 0.25) is 5.02 Å². The molecule has 4 nitrogen and oxygen atoms in total. The minimum Gasteiger partial charge on any atom is -0.506 e. The van der Waals surface area contributed by atoms with Gasteiger partial charge in [-0.1, -0.05) is 11.6 Å². The lowest BCUT2D eigenvalue weighted by molar-refractivity contribution is 0.0672. The van der Waals surface area contributed by atoms with Gasteiger partial charge < -0.3 is 14.8 Å². The second kappa shape index (κ2) is 6.71. The van der Waals surface area contributed by atoms with Gasteiger partial charge in [0.1, 0.15) is 11.6 Å². The van der Waals surface area contributed by atoms with E-state index < -0.39 is 5.60 Å². The van der Waals surface area contributed by atoms with Gasteiger partial charge in [0.25, 0.3) is 0 Å². The van der Waals surface area contributed by atoms with E-state index in [0.717, 1.165) is 30.7 Å². The van der Waals surface area contributed by atoms with Crippen LogP contribution in [0.25, 0.3) is 11.4 Å². The number of imidazole rings is 1. The van der Waals surface area contributed by atoms with E-state index in [0.29, 0.717) is 5.02 Å². The van der Waals surface area contributed by atoms with Gasteiger partial charge in [0.15, 0.2) is 0 Å². The van der Waals surface area contributed by atoms with Gasteiger partial charge >= 0.3 is 0 Å². The van der Waals surface area contributed by atoms with Gasteiger partial charge in [-0.25, -0.2) is 4.98 Å². The van der Waals surface area contributed by atoms with Crippen LogP contribution < -0.4 is 0 Å². The molecule has 0 fully saturated rings. The van der Waals surface area contributed by atoms with Crippen molar-refractivity contribution in [3.05, 3.63) is 35.6 Å². The van der Waals surface area contributed by atoms with Crippen LogP contribution in [0.5, 0.6) is 5.75 Å². The summed E-state index contributed by atoms with van der Waals surface area (Å²) in [5, 5.41) is 19.6. The monoisotopic (exact) mass is 322 g/mol. The molecule has 0 aliphatic heterocycles. The number of nitrogens with zero attached hydrogens (tertiary/aromatic N) is 2. The molecule has 1 heterocycles. The van der Waals surface area contributed by atoms with E-state index in [1.807, 2.05) is 26.1 Å². The first-order valence-electron chi connectivity index (χ1n) is 7.52. The molecular formula is C17H23ClN2O2. The second-order valence-corrected chi connectivity index (χ2v) is 6.79. The molecule has 2 rings (SSSR count). The van der Waals surface area contributed by atoms with Gasteiger partial charge in [0, 0.05) is 24.0 Å². The first kappa shape index (κ1) is 16.8. The predicted octanol–water partition coefficient (Wildman–Crippen LogP) is 4.41. The van der Waals surface area contributed by atoms with E-state index in [1.54, 1.807) is 18.3 Å². The van der Waals surface area contributed by atoms with Crippen LogP contribution in [-0.2, 0) is 0 Å². The van der Waals surface area contributed by atoms with Crippen LogP contribution in [0.1, 0.15) is 46.1 Å². The summed E-state index contributed by atoms with van der Waals surface area (Å²) in [6, 6.07) is 5.38. The molecule has 1 atom stereocenters. The Morgan fingerprint density at radius 3 is 2.73 bits per heavy atom. The number of aromatic hydroxyl groups is 1. The molecule has 1 aromatic heterocycles. The summed E-state index contributed by atoms with van der Waals surface area (Å²) in [5.74, 6) is 0.902. The Hall–Kier alpha value is -1.52. The number of halogens is 1. The Bertz CT molecular complexity index is 632. The predicted molar refractivity (Wildman–Crippen MR) is 89.2 cm³/mol. The summed E-state index contributed by atoms with van der Waals surface area (Å²) in [6.07, 6.45) is 6.39. The highest BCUT2D eigenvalue weighted by atomic mass is 35.5. The standard InChI is InChI=1S/C17H23ClN2O2/c1-12(5-4-8-17(2,3)22)20-10-9-19-16(20)13-6-7-15(21)14(18)11-13/h6-7,9-12,21-22H,4-5,8H2,1-3H3/t12-/m0/s1. The van der Waals surface area contributed by atoms with Crippen LogP contribution >= 0.6 is 11.6 Å². The Morgan fingerprint density at radius 2 is 2.09 bits per heavy atom. The Kier molecular flexibility index (Phi) is 5.14. The van der Waals surface area contributed by atoms with Crippen LogP contribution in [0.4, 0.5) is 0 Å². The fourth-order valence-electron chi connectivity index (χ4n) is 2.51. The first-order valence-corrected chi connectivity index (χ1v) is 7.90. The maximum atomic E-state index is 9.79. The van der Waals surface area contributed by atoms with Gasteiger partial charge in [-0.15, -0.1) is 0 Å². The summed E-state index contributed by atoms with van der Waals surface area (Å²) in [6.45, 7) is 5.80. The quantitative estimate of drug-likeness (QED) is 0.828. The summed E-state index contributed by atoms with van der Waals surface area (Å²) < 4.78 is 2.10. The molecule has 0 aliphatic carbocycles. The summed E-state index contributed by atoms with van der Waals surface area (Å²) in [7, 11) is 0. The maximum absolute atomic E-state index is 9.79. The molecule has 2 aromatic rings. The topological polar surface area (TPSA) is 58.3 Å². The van der Waals surface area contributed by atoms with Crippen molar-refractivity contribution in [2.75, 3.05) is 0 Å². The number of phenols is 1. The van der Waals surface area contributed by atoms with E-state index in [9.17, 15) is 10.2 Å². The van der Waals surface area contributed by atoms with E-state index in [2.05, 4.69) is 16.5 Å². The van der Waals surface area contributed by atoms with Crippen molar-refractivity contribution in [3.8, 4) is 17.1 Å². The summed E-state index contributed by atoms with van der Waals surface area (Å²) in [4.78, 5) is 4.41. The van der Waals surface area contributed by atoms with Crippen molar-refractivity contribution in [1.29, 1.82) is 0 Å². The minimum atomic E-state index is -0.623. The number of rotatable bonds is 6. The molecular weight excluding hydrogens is 300 g/mol. The molecule has 5 heteroatoms. The van der Waals surface area contributed by atoms with Crippen molar-refractivity contribution in [2.45, 2.75) is 51.7 Å². The van der Waals surface area contributed by atoms with Crippen molar-refractivity contribution < 1.29 is 10.2 Å². The van der Waals surface area contributed by atoms with E-state index in [4.69, 9.17) is 11.6 Å². The Balaban J connectivity index is 2.13. The maximum Gasteiger partial charge on any atom is 0.140 e. The largest absolute Gasteiger partial charge is 0.506 e.